The summed E-state index contributed by atoms with van der Waals surface area (Å²) >= 11 is 1.48. The number of rotatable bonds is 8. The minimum atomic E-state index is -3.75. The Morgan fingerprint density at radius 2 is 1.19 bits per heavy atom. The number of sulfonamides is 2. The minimum Gasteiger partial charge on any atom is -0.323 e. The molecule has 11 heteroatoms. The first-order chi connectivity index (χ1) is 17.3. The van der Waals surface area contributed by atoms with Crippen LogP contribution in [0.15, 0.2) is 123 Å². The van der Waals surface area contributed by atoms with Gasteiger partial charge in [0.15, 0.2) is 0 Å². The Hall–Kier alpha value is -3.80. The molecule has 182 valence electrons. The van der Waals surface area contributed by atoms with Crippen LogP contribution >= 0.6 is 11.8 Å². The molecule has 0 aliphatic heterocycles. The standard InChI is InChI=1S/C25H20N4O4S3/c30-35(31,21-7-3-1-4-8-21)28-18-11-13-19(14-12-18)34-20-15-16-23-24(17-20)27-25(26-23)29-36(32,33)22-9-5-2-6-10-22/h1-17,28H,(H2,26,27,29). The van der Waals surface area contributed by atoms with Crippen LogP contribution in [0.3, 0.4) is 0 Å². The lowest BCUT2D eigenvalue weighted by atomic mass is 10.3. The SMILES string of the molecule is O=S(=O)(Nc1ccc(Sc2ccc3nc(NS(=O)(=O)c4ccccc4)[nH]c3c2)cc1)c1ccccc1. The van der Waals surface area contributed by atoms with Crippen molar-refractivity contribution < 1.29 is 16.8 Å². The summed E-state index contributed by atoms with van der Waals surface area (Å²) in [7, 11) is -7.41. The van der Waals surface area contributed by atoms with Crippen molar-refractivity contribution in [2.24, 2.45) is 0 Å². The lowest BCUT2D eigenvalue weighted by Crippen LogP contribution is -2.13. The van der Waals surface area contributed by atoms with E-state index in [2.05, 4.69) is 19.4 Å². The second kappa shape index (κ2) is 9.69. The van der Waals surface area contributed by atoms with E-state index >= 15 is 0 Å². The number of H-pyrrole nitrogens is 1. The maximum absolute atomic E-state index is 12.6. The zero-order valence-corrected chi connectivity index (χ0v) is 21.1. The van der Waals surface area contributed by atoms with Crippen LogP contribution in [0.25, 0.3) is 11.0 Å². The molecule has 0 radical (unpaired) electrons. The summed E-state index contributed by atoms with van der Waals surface area (Å²) in [5.41, 5.74) is 1.76. The van der Waals surface area contributed by atoms with Crippen molar-refractivity contribution in [3.05, 3.63) is 103 Å². The third kappa shape index (κ3) is 5.38. The molecule has 8 nitrogen and oxygen atoms in total. The Bertz CT molecular complexity index is 1720. The summed E-state index contributed by atoms with van der Waals surface area (Å²) in [5.74, 6) is 0.131. The predicted octanol–water partition coefficient (Wildman–Crippen LogP) is 5.32. The quantitative estimate of drug-likeness (QED) is 0.247. The number of imidazole rings is 1. The summed E-state index contributed by atoms with van der Waals surface area (Å²) in [6, 6.07) is 28.9. The van der Waals surface area contributed by atoms with Gasteiger partial charge in [0.1, 0.15) is 0 Å². The molecule has 0 spiro atoms. The second-order valence-corrected chi connectivity index (χ2v) is 12.2. The highest BCUT2D eigenvalue weighted by atomic mass is 32.2. The van der Waals surface area contributed by atoms with E-state index < -0.39 is 20.0 Å². The van der Waals surface area contributed by atoms with Gasteiger partial charge in [0.05, 0.1) is 20.8 Å². The summed E-state index contributed by atoms with van der Waals surface area (Å²) in [5, 5.41) is 0. The number of anilines is 2. The maximum atomic E-state index is 12.6. The van der Waals surface area contributed by atoms with Gasteiger partial charge in [0.2, 0.25) is 5.95 Å². The maximum Gasteiger partial charge on any atom is 0.264 e. The van der Waals surface area contributed by atoms with Crippen molar-refractivity contribution in [3.63, 3.8) is 0 Å². The molecule has 3 N–H and O–H groups in total. The average Bonchev–Trinajstić information content (AvgIpc) is 3.27. The summed E-state index contributed by atoms with van der Waals surface area (Å²) in [4.78, 5) is 9.48. The molecular formula is C25H20N4O4S3. The van der Waals surface area contributed by atoms with Crippen molar-refractivity contribution in [2.45, 2.75) is 19.6 Å². The van der Waals surface area contributed by atoms with Crippen LogP contribution in [-0.2, 0) is 20.0 Å². The lowest BCUT2D eigenvalue weighted by molar-refractivity contribution is 0.599. The van der Waals surface area contributed by atoms with Gasteiger partial charge >= 0.3 is 0 Å². The minimum absolute atomic E-state index is 0.131. The lowest BCUT2D eigenvalue weighted by Gasteiger charge is -2.09. The van der Waals surface area contributed by atoms with Crippen LogP contribution < -0.4 is 9.44 Å². The van der Waals surface area contributed by atoms with Gasteiger partial charge in [-0.25, -0.2) is 26.5 Å². The molecule has 0 aliphatic rings. The third-order valence-corrected chi connectivity index (χ3v) is 8.88. The van der Waals surface area contributed by atoms with Crippen molar-refractivity contribution >= 4 is 54.5 Å². The Balaban J connectivity index is 1.29. The number of nitrogens with zero attached hydrogens (tertiary/aromatic N) is 1. The highest BCUT2D eigenvalue weighted by Gasteiger charge is 2.16. The largest absolute Gasteiger partial charge is 0.323 e. The fourth-order valence-corrected chi connectivity index (χ4v) is 6.35. The normalized spacial score (nSPS) is 11.9. The molecule has 0 fully saturated rings. The van der Waals surface area contributed by atoms with E-state index in [0.29, 0.717) is 16.7 Å². The first-order valence-electron chi connectivity index (χ1n) is 10.7. The Morgan fingerprint density at radius 3 is 1.81 bits per heavy atom. The van der Waals surface area contributed by atoms with Gasteiger partial charge in [0.25, 0.3) is 20.0 Å². The van der Waals surface area contributed by atoms with Gasteiger partial charge in [-0.3, -0.25) is 4.72 Å². The molecule has 0 aliphatic carbocycles. The molecule has 0 unspecified atom stereocenters. The molecule has 0 atom stereocenters. The average molecular weight is 537 g/mol. The first-order valence-corrected chi connectivity index (χ1v) is 14.5. The summed E-state index contributed by atoms with van der Waals surface area (Å²) in [6.45, 7) is 0. The molecule has 0 bridgehead atoms. The van der Waals surface area contributed by atoms with Crippen LogP contribution in [0.2, 0.25) is 0 Å². The van der Waals surface area contributed by atoms with Crippen molar-refractivity contribution in [1.82, 2.24) is 9.97 Å². The number of aromatic amines is 1. The Morgan fingerprint density at radius 1 is 0.639 bits per heavy atom. The van der Waals surface area contributed by atoms with E-state index in [1.807, 2.05) is 24.3 Å². The molecule has 4 aromatic carbocycles. The van der Waals surface area contributed by atoms with Gasteiger partial charge in [-0.2, -0.15) is 0 Å². The molecule has 1 heterocycles. The highest BCUT2D eigenvalue weighted by molar-refractivity contribution is 7.99. The van der Waals surface area contributed by atoms with E-state index in [9.17, 15) is 16.8 Å². The van der Waals surface area contributed by atoms with Crippen LogP contribution in [-0.4, -0.2) is 26.8 Å². The fraction of sp³-hybridized carbons (Fsp3) is 0. The molecule has 0 saturated carbocycles. The highest BCUT2D eigenvalue weighted by Crippen LogP contribution is 2.31. The topological polar surface area (TPSA) is 121 Å². The van der Waals surface area contributed by atoms with Gasteiger partial charge in [-0.15, -0.1) is 0 Å². The predicted molar refractivity (Wildman–Crippen MR) is 141 cm³/mol. The molecule has 5 rings (SSSR count). The number of nitrogens with one attached hydrogen (secondary N) is 3. The number of hydrogen-bond acceptors (Lipinski definition) is 6. The van der Waals surface area contributed by atoms with Crippen molar-refractivity contribution in [2.75, 3.05) is 9.44 Å². The van der Waals surface area contributed by atoms with E-state index in [1.165, 1.54) is 36.0 Å². The zero-order valence-electron chi connectivity index (χ0n) is 18.6. The van der Waals surface area contributed by atoms with Gasteiger partial charge < -0.3 is 4.98 Å². The van der Waals surface area contributed by atoms with Gasteiger partial charge in [-0.05, 0) is 66.7 Å². The van der Waals surface area contributed by atoms with Gasteiger partial charge in [-0.1, -0.05) is 48.2 Å². The monoisotopic (exact) mass is 536 g/mol. The summed E-state index contributed by atoms with van der Waals surface area (Å²) in [6.07, 6.45) is 0. The number of fused-ring (bicyclic) bond motifs is 1. The molecule has 0 amide bonds. The molecule has 5 aromatic rings. The van der Waals surface area contributed by atoms with Crippen LogP contribution in [0.5, 0.6) is 0 Å². The Kier molecular flexibility index (Phi) is 6.44. The third-order valence-electron chi connectivity index (χ3n) is 5.13. The van der Waals surface area contributed by atoms with Gasteiger partial charge in [0, 0.05) is 15.5 Å². The van der Waals surface area contributed by atoms with Crippen LogP contribution in [0.4, 0.5) is 11.6 Å². The second-order valence-electron chi connectivity index (χ2n) is 7.73. The number of benzene rings is 4. The van der Waals surface area contributed by atoms with E-state index in [1.54, 1.807) is 54.6 Å². The smallest absolute Gasteiger partial charge is 0.264 e. The van der Waals surface area contributed by atoms with E-state index in [0.717, 1.165) is 9.79 Å². The Labute approximate surface area is 212 Å². The molecule has 0 saturated heterocycles. The first kappa shape index (κ1) is 23.9. The van der Waals surface area contributed by atoms with Crippen LogP contribution in [0, 0.1) is 0 Å². The molecule has 36 heavy (non-hydrogen) atoms. The molecular weight excluding hydrogens is 517 g/mol. The summed E-state index contributed by atoms with van der Waals surface area (Å²) < 4.78 is 55.2. The zero-order chi connectivity index (χ0) is 25.2. The van der Waals surface area contributed by atoms with Crippen molar-refractivity contribution in [1.29, 1.82) is 0 Å². The van der Waals surface area contributed by atoms with Crippen LogP contribution in [0.1, 0.15) is 0 Å². The van der Waals surface area contributed by atoms with Crippen molar-refractivity contribution in [3.8, 4) is 0 Å². The fourth-order valence-electron chi connectivity index (χ4n) is 3.43. The number of aromatic nitrogens is 2. The number of hydrogen-bond donors (Lipinski definition) is 3. The van der Waals surface area contributed by atoms with E-state index in [-0.39, 0.29) is 15.7 Å². The van der Waals surface area contributed by atoms with E-state index in [4.69, 9.17) is 0 Å². The molecule has 1 aromatic heterocycles.